The summed E-state index contributed by atoms with van der Waals surface area (Å²) < 4.78 is 0. The lowest BCUT2D eigenvalue weighted by Crippen LogP contribution is -1.83. The minimum absolute atomic E-state index is 0.493. The van der Waals surface area contributed by atoms with Gasteiger partial charge in [-0.1, -0.05) is 0 Å². The van der Waals surface area contributed by atoms with Gasteiger partial charge in [-0.2, -0.15) is 0 Å². The third-order valence-electron chi connectivity index (χ3n) is 1.22. The van der Waals surface area contributed by atoms with E-state index in [0.29, 0.717) is 5.88 Å². The first kappa shape index (κ1) is 8.58. The second kappa shape index (κ2) is 4.38. The molecule has 0 saturated carbocycles. The number of aryl methyl sites for hydroxylation is 1. The lowest BCUT2D eigenvalue weighted by atomic mass is 10.3. The molecular formula is C8H8ClNS. The fourth-order valence-corrected chi connectivity index (χ4v) is 1.73. The van der Waals surface area contributed by atoms with E-state index in [1.54, 1.807) is 11.3 Å². The molecule has 0 aliphatic carbocycles. The number of hydrogen-bond donors (Lipinski definition) is 0. The van der Waals surface area contributed by atoms with Crippen LogP contribution in [-0.4, -0.2) is 4.98 Å². The number of alkyl halides is 1. The average Bonchev–Trinajstić information content (AvgIpc) is 2.48. The molecule has 0 aliphatic heterocycles. The van der Waals surface area contributed by atoms with Crippen molar-refractivity contribution in [1.82, 2.24) is 4.98 Å². The van der Waals surface area contributed by atoms with Crippen molar-refractivity contribution >= 4 is 22.9 Å². The molecule has 0 amide bonds. The molecule has 3 heteroatoms. The van der Waals surface area contributed by atoms with Gasteiger partial charge in [0.05, 0.1) is 16.6 Å². The molecule has 0 fully saturated rings. The van der Waals surface area contributed by atoms with E-state index < -0.39 is 0 Å². The van der Waals surface area contributed by atoms with Crippen LogP contribution in [0.4, 0.5) is 0 Å². The van der Waals surface area contributed by atoms with Crippen molar-refractivity contribution in [2.75, 3.05) is 0 Å². The summed E-state index contributed by atoms with van der Waals surface area (Å²) in [6.45, 7) is 0. The van der Waals surface area contributed by atoms with Crippen molar-refractivity contribution in [3.63, 3.8) is 0 Å². The van der Waals surface area contributed by atoms with Gasteiger partial charge in [-0.15, -0.1) is 35.3 Å². The normalized spacial score (nSPS) is 9.45. The minimum atomic E-state index is 0.493. The summed E-state index contributed by atoms with van der Waals surface area (Å²) in [4.78, 5) is 4.26. The van der Waals surface area contributed by atoms with Crippen molar-refractivity contribution in [3.05, 3.63) is 16.1 Å². The molecule has 0 bridgehead atoms. The number of nitrogens with zero attached hydrogens (tertiary/aromatic N) is 1. The predicted molar refractivity (Wildman–Crippen MR) is 48.8 cm³/mol. The van der Waals surface area contributed by atoms with Crippen LogP contribution < -0.4 is 0 Å². The molecular weight excluding hydrogens is 178 g/mol. The van der Waals surface area contributed by atoms with Gasteiger partial charge in [0.15, 0.2) is 0 Å². The third-order valence-corrected chi connectivity index (χ3v) is 2.45. The quantitative estimate of drug-likeness (QED) is 0.521. The molecule has 0 spiro atoms. The maximum absolute atomic E-state index is 5.58. The van der Waals surface area contributed by atoms with E-state index in [1.165, 1.54) is 0 Å². The predicted octanol–water partition coefficient (Wildman–Crippen LogP) is 2.45. The Labute approximate surface area is 75.4 Å². The summed E-state index contributed by atoms with van der Waals surface area (Å²) in [5, 5.41) is 3.05. The van der Waals surface area contributed by atoms with Gasteiger partial charge in [-0.3, -0.25) is 0 Å². The highest BCUT2D eigenvalue weighted by molar-refractivity contribution is 7.09. The molecule has 1 aromatic heterocycles. The van der Waals surface area contributed by atoms with Crippen molar-refractivity contribution in [3.8, 4) is 12.3 Å². The molecule has 0 atom stereocenters. The van der Waals surface area contributed by atoms with E-state index in [2.05, 4.69) is 10.9 Å². The number of aromatic nitrogens is 1. The fraction of sp³-hybridized carbons (Fsp3) is 0.375. The first-order valence-electron chi connectivity index (χ1n) is 3.29. The molecule has 0 aromatic carbocycles. The second-order valence-corrected chi connectivity index (χ2v) is 3.28. The monoisotopic (exact) mass is 185 g/mol. The standard InChI is InChI=1S/C8H8ClNS/c1-2-3-4-8-10-7(5-9)6-11-8/h1,6H,3-5H2. The highest BCUT2D eigenvalue weighted by Crippen LogP contribution is 2.12. The molecule has 0 radical (unpaired) electrons. The molecule has 1 heterocycles. The van der Waals surface area contributed by atoms with Gasteiger partial charge in [0.1, 0.15) is 0 Å². The number of rotatable bonds is 3. The van der Waals surface area contributed by atoms with Crippen molar-refractivity contribution in [2.24, 2.45) is 0 Å². The number of halogens is 1. The van der Waals surface area contributed by atoms with Crippen LogP contribution in [0.3, 0.4) is 0 Å². The maximum atomic E-state index is 5.58. The number of thiazole rings is 1. The molecule has 0 N–H and O–H groups in total. The molecule has 1 rings (SSSR count). The second-order valence-electron chi connectivity index (χ2n) is 2.07. The number of terminal acetylenes is 1. The zero-order chi connectivity index (χ0) is 8.10. The van der Waals surface area contributed by atoms with Crippen LogP contribution in [0.1, 0.15) is 17.1 Å². The Bertz CT molecular complexity index is 261. The Morgan fingerprint density at radius 3 is 3.09 bits per heavy atom. The van der Waals surface area contributed by atoms with Gasteiger partial charge in [-0.05, 0) is 0 Å². The fourth-order valence-electron chi connectivity index (χ4n) is 0.704. The highest BCUT2D eigenvalue weighted by atomic mass is 35.5. The maximum Gasteiger partial charge on any atom is 0.0938 e. The van der Waals surface area contributed by atoms with Gasteiger partial charge in [0, 0.05) is 18.2 Å². The number of hydrogen-bond acceptors (Lipinski definition) is 2. The van der Waals surface area contributed by atoms with E-state index in [1.807, 2.05) is 5.38 Å². The molecule has 11 heavy (non-hydrogen) atoms. The Morgan fingerprint density at radius 1 is 1.73 bits per heavy atom. The van der Waals surface area contributed by atoms with Crippen LogP contribution in [0.2, 0.25) is 0 Å². The smallest absolute Gasteiger partial charge is 0.0938 e. The molecule has 58 valence electrons. The topological polar surface area (TPSA) is 12.9 Å². The van der Waals surface area contributed by atoms with Crippen LogP contribution >= 0.6 is 22.9 Å². The van der Waals surface area contributed by atoms with Crippen molar-refractivity contribution in [1.29, 1.82) is 0 Å². The van der Waals surface area contributed by atoms with Crippen LogP contribution in [0.15, 0.2) is 5.38 Å². The average molecular weight is 186 g/mol. The van der Waals surface area contributed by atoms with Gasteiger partial charge in [-0.25, -0.2) is 4.98 Å². The summed E-state index contributed by atoms with van der Waals surface area (Å²) in [6.07, 6.45) is 6.75. The molecule has 0 aliphatic rings. The zero-order valence-electron chi connectivity index (χ0n) is 6.01. The zero-order valence-corrected chi connectivity index (χ0v) is 7.58. The van der Waals surface area contributed by atoms with E-state index in [-0.39, 0.29) is 0 Å². The van der Waals surface area contributed by atoms with Gasteiger partial charge < -0.3 is 0 Å². The van der Waals surface area contributed by atoms with E-state index >= 15 is 0 Å². The van der Waals surface area contributed by atoms with Crippen LogP contribution in [-0.2, 0) is 12.3 Å². The summed E-state index contributed by atoms with van der Waals surface area (Å²) in [5.74, 6) is 3.07. The SMILES string of the molecule is C#CCCc1nc(CCl)cs1. The summed E-state index contributed by atoms with van der Waals surface area (Å²) in [5.41, 5.74) is 0.948. The van der Waals surface area contributed by atoms with E-state index in [9.17, 15) is 0 Å². The van der Waals surface area contributed by atoms with Crippen LogP contribution in [0.25, 0.3) is 0 Å². The summed E-state index contributed by atoms with van der Waals surface area (Å²) in [6, 6.07) is 0. The largest absolute Gasteiger partial charge is 0.245 e. The highest BCUT2D eigenvalue weighted by Gasteiger charge is 1.98. The van der Waals surface area contributed by atoms with Crippen molar-refractivity contribution in [2.45, 2.75) is 18.7 Å². The Hall–Kier alpha value is -0.520. The first-order valence-corrected chi connectivity index (χ1v) is 4.71. The van der Waals surface area contributed by atoms with Crippen LogP contribution in [0.5, 0.6) is 0 Å². The van der Waals surface area contributed by atoms with E-state index in [4.69, 9.17) is 18.0 Å². The Kier molecular flexibility index (Phi) is 3.41. The first-order chi connectivity index (χ1) is 5.36. The molecule has 1 nitrogen and oxygen atoms in total. The molecule has 0 unspecified atom stereocenters. The summed E-state index contributed by atoms with van der Waals surface area (Å²) >= 11 is 7.20. The molecule has 0 saturated heterocycles. The third kappa shape index (κ3) is 2.53. The van der Waals surface area contributed by atoms with E-state index in [0.717, 1.165) is 23.5 Å². The van der Waals surface area contributed by atoms with Crippen molar-refractivity contribution < 1.29 is 0 Å². The molecule has 1 aromatic rings. The lowest BCUT2D eigenvalue weighted by molar-refractivity contribution is 0.987. The Balaban J connectivity index is 2.53. The Morgan fingerprint density at radius 2 is 2.55 bits per heavy atom. The van der Waals surface area contributed by atoms with Crippen LogP contribution in [0, 0.1) is 12.3 Å². The van der Waals surface area contributed by atoms with Gasteiger partial charge >= 0.3 is 0 Å². The minimum Gasteiger partial charge on any atom is -0.245 e. The lowest BCUT2D eigenvalue weighted by Gasteiger charge is -1.86. The van der Waals surface area contributed by atoms with Gasteiger partial charge in [0.2, 0.25) is 0 Å². The van der Waals surface area contributed by atoms with Gasteiger partial charge in [0.25, 0.3) is 0 Å². The summed E-state index contributed by atoms with van der Waals surface area (Å²) in [7, 11) is 0.